The number of benzene rings is 1. The molecule has 3 N–H and O–H groups in total. The van der Waals surface area contributed by atoms with Crippen molar-refractivity contribution < 1.29 is 14.3 Å². The molecule has 2 saturated heterocycles. The molecule has 0 saturated carbocycles. The summed E-state index contributed by atoms with van der Waals surface area (Å²) in [6.07, 6.45) is 9.24. The van der Waals surface area contributed by atoms with Gasteiger partial charge in [0.1, 0.15) is 17.6 Å². The van der Waals surface area contributed by atoms with E-state index in [1.165, 1.54) is 6.20 Å². The summed E-state index contributed by atoms with van der Waals surface area (Å²) in [7, 11) is 0. The lowest BCUT2D eigenvalue weighted by Crippen LogP contribution is -2.46. The molecule has 2 aliphatic heterocycles. The Bertz CT molecular complexity index is 1570. The van der Waals surface area contributed by atoms with Crippen LogP contribution in [-0.4, -0.2) is 49.6 Å². The number of likely N-dealkylation sites (tertiary alicyclic amines) is 1. The number of halogens is 1. The fourth-order valence-electron chi connectivity index (χ4n) is 5.56. The van der Waals surface area contributed by atoms with Gasteiger partial charge in [-0.25, -0.2) is 9.67 Å². The third-order valence-corrected chi connectivity index (χ3v) is 7.83. The predicted octanol–water partition coefficient (Wildman–Crippen LogP) is 4.85. The van der Waals surface area contributed by atoms with Crippen LogP contribution in [0.3, 0.4) is 0 Å². The van der Waals surface area contributed by atoms with Crippen molar-refractivity contribution in [2.24, 2.45) is 5.92 Å². The molecule has 2 amide bonds. The molecule has 11 heteroatoms. The number of hydrogen-bond acceptors (Lipinski definition) is 7. The first-order chi connectivity index (χ1) is 18.9. The Morgan fingerprint density at radius 3 is 2.82 bits per heavy atom. The first-order valence-corrected chi connectivity index (χ1v) is 13.7. The van der Waals surface area contributed by atoms with Crippen molar-refractivity contribution in [3.63, 3.8) is 0 Å². The summed E-state index contributed by atoms with van der Waals surface area (Å²) in [5.74, 6) is -0.772. The van der Waals surface area contributed by atoms with E-state index in [4.69, 9.17) is 22.1 Å². The Labute approximate surface area is 230 Å². The van der Waals surface area contributed by atoms with Gasteiger partial charge in [0, 0.05) is 30.9 Å². The van der Waals surface area contributed by atoms with Gasteiger partial charge in [-0.1, -0.05) is 30.7 Å². The van der Waals surface area contributed by atoms with Crippen LogP contribution in [-0.2, 0) is 14.3 Å². The van der Waals surface area contributed by atoms with E-state index in [1.54, 1.807) is 22.0 Å². The van der Waals surface area contributed by atoms with Crippen LogP contribution in [0.4, 0.5) is 11.5 Å². The second-order valence-electron chi connectivity index (χ2n) is 10.5. The predicted molar refractivity (Wildman–Crippen MR) is 149 cm³/mol. The zero-order valence-electron chi connectivity index (χ0n) is 21.6. The van der Waals surface area contributed by atoms with Gasteiger partial charge in [-0.15, -0.1) is 0 Å². The van der Waals surface area contributed by atoms with Crippen LogP contribution in [0, 0.1) is 5.92 Å². The molecule has 202 valence electrons. The van der Waals surface area contributed by atoms with Crippen molar-refractivity contribution in [1.82, 2.24) is 24.6 Å². The second kappa shape index (κ2) is 10.4. The molecular weight excluding hydrogens is 518 g/mol. The maximum absolute atomic E-state index is 13.6. The molecule has 1 aromatic carbocycles. The van der Waals surface area contributed by atoms with E-state index in [0.29, 0.717) is 40.6 Å². The Hall–Kier alpha value is -3.76. The van der Waals surface area contributed by atoms with E-state index in [9.17, 15) is 9.59 Å². The summed E-state index contributed by atoms with van der Waals surface area (Å²) >= 11 is 6.09. The minimum absolute atomic E-state index is 0.196. The van der Waals surface area contributed by atoms with Crippen molar-refractivity contribution in [2.75, 3.05) is 24.2 Å². The molecule has 39 heavy (non-hydrogen) atoms. The van der Waals surface area contributed by atoms with Gasteiger partial charge < -0.3 is 20.7 Å². The zero-order valence-corrected chi connectivity index (χ0v) is 22.4. The summed E-state index contributed by atoms with van der Waals surface area (Å²) in [5.41, 5.74) is 8.65. The van der Waals surface area contributed by atoms with Gasteiger partial charge in [0.25, 0.3) is 0 Å². The molecule has 4 aromatic rings. The lowest BCUT2D eigenvalue weighted by atomic mass is 9.89. The first kappa shape index (κ1) is 25.5. The van der Waals surface area contributed by atoms with E-state index in [0.717, 1.165) is 48.6 Å². The second-order valence-corrected chi connectivity index (χ2v) is 10.9. The fourth-order valence-corrected chi connectivity index (χ4v) is 5.73. The van der Waals surface area contributed by atoms with Crippen molar-refractivity contribution in [3.05, 3.63) is 53.4 Å². The molecule has 3 unspecified atom stereocenters. The SMILES string of the molecule is CC1CCC(c2ccc3cc(Cl)cnc3c2)N(C(=O)C(=O)Nc2cnc(N)c3cn(C4CCCCO4)nc23)C1. The summed E-state index contributed by atoms with van der Waals surface area (Å²) in [6.45, 7) is 3.24. The van der Waals surface area contributed by atoms with Crippen LogP contribution in [0.25, 0.3) is 21.8 Å². The molecule has 0 aliphatic carbocycles. The minimum Gasteiger partial charge on any atom is -0.383 e. The van der Waals surface area contributed by atoms with E-state index < -0.39 is 11.8 Å². The zero-order chi connectivity index (χ0) is 27.1. The maximum Gasteiger partial charge on any atom is 0.314 e. The number of anilines is 2. The molecule has 2 fully saturated rings. The van der Waals surface area contributed by atoms with Gasteiger partial charge in [-0.3, -0.25) is 14.6 Å². The number of pyridine rings is 2. The number of nitrogens with two attached hydrogens (primary N) is 1. The standard InChI is InChI=1S/C28H30ClN7O3/c1-16-5-8-23(18-7-6-17-10-19(29)12-31-21(17)11-18)35(14-16)28(38)27(37)33-22-13-32-26(30)20-15-36(34-25(20)22)24-4-2-3-9-39-24/h6-7,10-13,15-16,23-24H,2-5,8-9,14H2,1H3,(H2,30,32)(H,33,37). The number of nitrogens with zero attached hydrogens (tertiary/aromatic N) is 5. The number of amides is 2. The largest absolute Gasteiger partial charge is 0.383 e. The van der Waals surface area contributed by atoms with Gasteiger partial charge in [0.2, 0.25) is 0 Å². The van der Waals surface area contributed by atoms with Crippen molar-refractivity contribution in [2.45, 2.75) is 51.3 Å². The summed E-state index contributed by atoms with van der Waals surface area (Å²) in [4.78, 5) is 37.2. The van der Waals surface area contributed by atoms with E-state index in [2.05, 4.69) is 27.3 Å². The average Bonchev–Trinajstić information content (AvgIpc) is 3.41. The Morgan fingerprint density at radius 2 is 2.00 bits per heavy atom. The van der Waals surface area contributed by atoms with Gasteiger partial charge in [-0.05, 0) is 55.7 Å². The van der Waals surface area contributed by atoms with Crippen molar-refractivity contribution in [1.29, 1.82) is 0 Å². The van der Waals surface area contributed by atoms with Crippen LogP contribution in [0.2, 0.25) is 5.02 Å². The number of piperidine rings is 1. The highest BCUT2D eigenvalue weighted by Gasteiger charge is 2.35. The monoisotopic (exact) mass is 547 g/mol. The summed E-state index contributed by atoms with van der Waals surface area (Å²) < 4.78 is 7.57. The lowest BCUT2D eigenvalue weighted by molar-refractivity contribution is -0.146. The quantitative estimate of drug-likeness (QED) is 0.351. The number of carbonyl (C=O) groups is 2. The highest BCUT2D eigenvalue weighted by molar-refractivity contribution is 6.40. The van der Waals surface area contributed by atoms with Crippen LogP contribution >= 0.6 is 11.6 Å². The number of nitrogens with one attached hydrogen (secondary N) is 1. The molecule has 0 spiro atoms. The summed E-state index contributed by atoms with van der Waals surface area (Å²) in [6, 6.07) is 7.52. The van der Waals surface area contributed by atoms with Gasteiger partial charge in [0.05, 0.1) is 33.9 Å². The summed E-state index contributed by atoms with van der Waals surface area (Å²) in [5, 5.41) is 9.49. The highest BCUT2D eigenvalue weighted by atomic mass is 35.5. The van der Waals surface area contributed by atoms with Crippen LogP contribution in [0.1, 0.15) is 56.9 Å². The van der Waals surface area contributed by atoms with Crippen LogP contribution in [0.5, 0.6) is 0 Å². The van der Waals surface area contributed by atoms with Crippen LogP contribution < -0.4 is 11.1 Å². The lowest BCUT2D eigenvalue weighted by Gasteiger charge is -2.38. The smallest absolute Gasteiger partial charge is 0.314 e. The fraction of sp³-hybridized carbons (Fsp3) is 0.393. The molecule has 3 aromatic heterocycles. The molecule has 5 heterocycles. The molecule has 3 atom stereocenters. The molecule has 6 rings (SSSR count). The number of aromatic nitrogens is 4. The third-order valence-electron chi connectivity index (χ3n) is 7.63. The molecule has 2 aliphatic rings. The number of nitrogen functional groups attached to an aromatic ring is 1. The number of rotatable bonds is 3. The topological polar surface area (TPSA) is 128 Å². The van der Waals surface area contributed by atoms with Gasteiger partial charge >= 0.3 is 11.8 Å². The number of carbonyl (C=O) groups excluding carboxylic acids is 2. The van der Waals surface area contributed by atoms with Crippen molar-refractivity contribution in [3.8, 4) is 0 Å². The van der Waals surface area contributed by atoms with Crippen LogP contribution in [0.15, 0.2) is 42.9 Å². The van der Waals surface area contributed by atoms with E-state index in [-0.39, 0.29) is 18.2 Å². The highest BCUT2D eigenvalue weighted by Crippen LogP contribution is 2.35. The normalized spacial score (nSPS) is 21.8. The minimum atomic E-state index is -0.740. The molecule has 0 radical (unpaired) electrons. The van der Waals surface area contributed by atoms with Gasteiger partial charge in [0.15, 0.2) is 0 Å². The molecule has 10 nitrogen and oxygen atoms in total. The molecular formula is C28H30ClN7O3. The van der Waals surface area contributed by atoms with Gasteiger partial charge in [-0.2, -0.15) is 5.10 Å². The van der Waals surface area contributed by atoms with Crippen molar-refractivity contribution >= 4 is 56.7 Å². The Kier molecular flexibility index (Phi) is 6.82. The Balaban J connectivity index is 1.26. The Morgan fingerprint density at radius 1 is 1.13 bits per heavy atom. The maximum atomic E-state index is 13.6. The van der Waals surface area contributed by atoms with E-state index >= 15 is 0 Å². The molecule has 0 bridgehead atoms. The third kappa shape index (κ3) is 5.02. The first-order valence-electron chi connectivity index (χ1n) is 13.3. The number of fused-ring (bicyclic) bond motifs is 2. The number of ether oxygens (including phenoxy) is 1. The number of hydrogen-bond donors (Lipinski definition) is 2. The average molecular weight is 548 g/mol. The van der Waals surface area contributed by atoms with E-state index in [1.807, 2.05) is 24.3 Å².